The summed E-state index contributed by atoms with van der Waals surface area (Å²) in [5.41, 5.74) is -0.169. The summed E-state index contributed by atoms with van der Waals surface area (Å²) < 4.78 is 0. The molecule has 0 spiro atoms. The Bertz CT molecular complexity index is 317. The van der Waals surface area contributed by atoms with E-state index in [1.807, 2.05) is 20.8 Å². The zero-order valence-corrected chi connectivity index (χ0v) is 11.5. The molecule has 5 nitrogen and oxygen atoms in total. The molecule has 1 rings (SSSR count). The number of aliphatic carboxylic acids is 1. The third-order valence-corrected chi connectivity index (χ3v) is 3.34. The van der Waals surface area contributed by atoms with Crippen molar-refractivity contribution in [2.75, 3.05) is 13.1 Å². The molecular formula is C13H24N2O3. The summed E-state index contributed by atoms with van der Waals surface area (Å²) in [6.07, 6.45) is 2.98. The Balaban J connectivity index is 2.30. The normalized spacial score (nSPS) is 17.7. The highest BCUT2D eigenvalue weighted by atomic mass is 16.4. The molecule has 1 fully saturated rings. The minimum absolute atomic E-state index is 0.0482. The lowest BCUT2D eigenvalue weighted by Gasteiger charge is -2.40. The largest absolute Gasteiger partial charge is 0.481 e. The molecule has 104 valence electrons. The molecule has 0 heterocycles. The van der Waals surface area contributed by atoms with Gasteiger partial charge in [-0.1, -0.05) is 27.2 Å². The highest BCUT2D eigenvalue weighted by molar-refractivity contribution is 5.74. The van der Waals surface area contributed by atoms with Gasteiger partial charge in [-0.2, -0.15) is 0 Å². The van der Waals surface area contributed by atoms with E-state index in [1.54, 1.807) is 0 Å². The van der Waals surface area contributed by atoms with E-state index in [0.717, 1.165) is 19.3 Å². The molecule has 0 aromatic heterocycles. The Labute approximate surface area is 108 Å². The van der Waals surface area contributed by atoms with Crippen LogP contribution >= 0.6 is 0 Å². The van der Waals surface area contributed by atoms with E-state index in [0.29, 0.717) is 13.1 Å². The molecule has 1 aliphatic rings. The smallest absolute Gasteiger partial charge is 0.314 e. The van der Waals surface area contributed by atoms with E-state index < -0.39 is 5.97 Å². The van der Waals surface area contributed by atoms with E-state index in [4.69, 9.17) is 5.11 Å². The molecule has 1 aliphatic carbocycles. The van der Waals surface area contributed by atoms with E-state index in [-0.39, 0.29) is 23.3 Å². The van der Waals surface area contributed by atoms with Gasteiger partial charge in [0, 0.05) is 13.1 Å². The summed E-state index contributed by atoms with van der Waals surface area (Å²) in [6, 6.07) is -0.207. The van der Waals surface area contributed by atoms with Crippen molar-refractivity contribution in [3.63, 3.8) is 0 Å². The summed E-state index contributed by atoms with van der Waals surface area (Å²) in [7, 11) is 0. The van der Waals surface area contributed by atoms with Crippen LogP contribution in [0.25, 0.3) is 0 Å². The van der Waals surface area contributed by atoms with Crippen molar-refractivity contribution < 1.29 is 14.7 Å². The van der Waals surface area contributed by atoms with Crippen LogP contribution in [0.1, 0.15) is 46.5 Å². The Hall–Kier alpha value is -1.26. The molecule has 5 heteroatoms. The molecule has 0 atom stereocenters. The van der Waals surface area contributed by atoms with Crippen LogP contribution in [0.5, 0.6) is 0 Å². The van der Waals surface area contributed by atoms with Crippen LogP contribution in [-0.4, -0.2) is 30.2 Å². The summed E-state index contributed by atoms with van der Waals surface area (Å²) in [5.74, 6) is -0.786. The Kier molecular flexibility index (Phi) is 4.59. The lowest BCUT2D eigenvalue weighted by molar-refractivity contribution is -0.141. The van der Waals surface area contributed by atoms with E-state index in [2.05, 4.69) is 10.6 Å². The van der Waals surface area contributed by atoms with Gasteiger partial charge < -0.3 is 15.7 Å². The number of carboxylic acid groups (broad SMARTS) is 1. The number of nitrogens with one attached hydrogen (secondary N) is 2. The first-order valence-electron chi connectivity index (χ1n) is 6.46. The Morgan fingerprint density at radius 2 is 1.83 bits per heavy atom. The topological polar surface area (TPSA) is 78.4 Å². The van der Waals surface area contributed by atoms with Crippen molar-refractivity contribution in [2.45, 2.75) is 46.5 Å². The average Bonchev–Trinajstić information content (AvgIpc) is 2.17. The van der Waals surface area contributed by atoms with Crippen LogP contribution in [0.15, 0.2) is 0 Å². The number of carbonyl (C=O) groups excluding carboxylic acids is 1. The maximum atomic E-state index is 11.6. The standard InChI is InChI=1S/C13H24N2O3/c1-12(2,3)8-14-11(18)15-9-13(5-4-6-13)7-10(16)17/h4-9H2,1-3H3,(H,16,17)(H2,14,15,18). The van der Waals surface area contributed by atoms with Gasteiger partial charge in [-0.05, 0) is 23.7 Å². The molecule has 0 aliphatic heterocycles. The zero-order chi connectivity index (χ0) is 13.8. The van der Waals surface area contributed by atoms with Gasteiger partial charge in [-0.3, -0.25) is 4.79 Å². The molecule has 0 bridgehead atoms. The summed E-state index contributed by atoms with van der Waals surface area (Å²) in [6.45, 7) is 7.20. The fourth-order valence-electron chi connectivity index (χ4n) is 2.09. The Morgan fingerprint density at radius 3 is 2.22 bits per heavy atom. The first-order valence-corrected chi connectivity index (χ1v) is 6.46. The second-order valence-corrected chi connectivity index (χ2v) is 6.52. The van der Waals surface area contributed by atoms with E-state index in [9.17, 15) is 9.59 Å². The van der Waals surface area contributed by atoms with Gasteiger partial charge in [-0.25, -0.2) is 4.79 Å². The maximum Gasteiger partial charge on any atom is 0.314 e. The van der Waals surface area contributed by atoms with Crippen LogP contribution < -0.4 is 10.6 Å². The number of amides is 2. The zero-order valence-electron chi connectivity index (χ0n) is 11.5. The van der Waals surface area contributed by atoms with Crippen LogP contribution in [0, 0.1) is 10.8 Å². The minimum Gasteiger partial charge on any atom is -0.481 e. The third kappa shape index (κ3) is 4.94. The molecule has 0 unspecified atom stereocenters. The van der Waals surface area contributed by atoms with Gasteiger partial charge in [-0.15, -0.1) is 0 Å². The molecule has 0 aromatic carbocycles. The number of carboxylic acids is 1. The van der Waals surface area contributed by atoms with Gasteiger partial charge in [0.1, 0.15) is 0 Å². The van der Waals surface area contributed by atoms with Crippen molar-refractivity contribution in [2.24, 2.45) is 10.8 Å². The second kappa shape index (κ2) is 5.59. The van der Waals surface area contributed by atoms with Crippen LogP contribution in [0.3, 0.4) is 0 Å². The third-order valence-electron chi connectivity index (χ3n) is 3.34. The number of rotatable bonds is 5. The summed E-state index contributed by atoms with van der Waals surface area (Å²) in [4.78, 5) is 22.4. The minimum atomic E-state index is -0.786. The monoisotopic (exact) mass is 256 g/mol. The fraction of sp³-hybridized carbons (Fsp3) is 0.846. The number of hydrogen-bond donors (Lipinski definition) is 3. The first-order chi connectivity index (χ1) is 8.22. The average molecular weight is 256 g/mol. The van der Waals surface area contributed by atoms with Crippen molar-refractivity contribution in [1.29, 1.82) is 0 Å². The number of carbonyl (C=O) groups is 2. The molecule has 0 saturated heterocycles. The predicted octanol–water partition coefficient (Wildman–Crippen LogP) is 1.98. The van der Waals surface area contributed by atoms with Crippen molar-refractivity contribution in [3.8, 4) is 0 Å². The molecule has 0 radical (unpaired) electrons. The summed E-state index contributed by atoms with van der Waals surface area (Å²) in [5, 5.41) is 14.5. The molecule has 3 N–H and O–H groups in total. The Morgan fingerprint density at radius 1 is 1.22 bits per heavy atom. The highest BCUT2D eigenvalue weighted by Crippen LogP contribution is 2.43. The van der Waals surface area contributed by atoms with Crippen LogP contribution in [0.4, 0.5) is 4.79 Å². The predicted molar refractivity (Wildman–Crippen MR) is 69.4 cm³/mol. The van der Waals surface area contributed by atoms with Crippen molar-refractivity contribution >= 4 is 12.0 Å². The van der Waals surface area contributed by atoms with Gasteiger partial charge in [0.05, 0.1) is 6.42 Å². The van der Waals surface area contributed by atoms with E-state index in [1.165, 1.54) is 0 Å². The first kappa shape index (κ1) is 14.8. The fourth-order valence-corrected chi connectivity index (χ4v) is 2.09. The number of urea groups is 1. The van der Waals surface area contributed by atoms with E-state index >= 15 is 0 Å². The van der Waals surface area contributed by atoms with Crippen LogP contribution in [0.2, 0.25) is 0 Å². The van der Waals surface area contributed by atoms with Crippen molar-refractivity contribution in [1.82, 2.24) is 10.6 Å². The van der Waals surface area contributed by atoms with Crippen LogP contribution in [-0.2, 0) is 4.79 Å². The maximum absolute atomic E-state index is 11.6. The van der Waals surface area contributed by atoms with Gasteiger partial charge >= 0.3 is 12.0 Å². The second-order valence-electron chi connectivity index (χ2n) is 6.52. The molecule has 18 heavy (non-hydrogen) atoms. The lowest BCUT2D eigenvalue weighted by atomic mass is 9.66. The number of hydrogen-bond acceptors (Lipinski definition) is 2. The summed E-state index contributed by atoms with van der Waals surface area (Å²) >= 11 is 0. The molecule has 1 saturated carbocycles. The molecule has 0 aromatic rings. The van der Waals surface area contributed by atoms with Gasteiger partial charge in [0.25, 0.3) is 0 Å². The molecular weight excluding hydrogens is 232 g/mol. The highest BCUT2D eigenvalue weighted by Gasteiger charge is 2.39. The van der Waals surface area contributed by atoms with Gasteiger partial charge in [0.15, 0.2) is 0 Å². The van der Waals surface area contributed by atoms with Gasteiger partial charge in [0.2, 0.25) is 0 Å². The molecule has 2 amide bonds. The van der Waals surface area contributed by atoms with Crippen molar-refractivity contribution in [3.05, 3.63) is 0 Å². The lowest BCUT2D eigenvalue weighted by Crippen LogP contribution is -2.47. The SMILES string of the molecule is CC(C)(C)CNC(=O)NCC1(CC(=O)O)CCC1. The quantitative estimate of drug-likeness (QED) is 0.703.